The van der Waals surface area contributed by atoms with Crippen LogP contribution in [0.3, 0.4) is 0 Å². The second-order valence-corrected chi connectivity index (χ2v) is 5.46. The molecule has 20 heavy (non-hydrogen) atoms. The molecule has 1 aromatic carbocycles. The number of hydrogen-bond acceptors (Lipinski definition) is 5. The van der Waals surface area contributed by atoms with E-state index in [4.69, 9.17) is 10.5 Å². The number of aryl methyl sites for hydroxylation is 1. The van der Waals surface area contributed by atoms with Crippen LogP contribution < -0.4 is 10.5 Å². The molecule has 108 valence electrons. The van der Waals surface area contributed by atoms with E-state index in [1.165, 1.54) is 0 Å². The third-order valence-corrected chi connectivity index (χ3v) is 4.20. The van der Waals surface area contributed by atoms with Crippen LogP contribution >= 0.6 is 11.8 Å². The molecule has 2 aromatic rings. The number of para-hydroxylation sites is 1. The Bertz CT molecular complexity index is 570. The first-order valence-corrected chi connectivity index (χ1v) is 7.58. The van der Waals surface area contributed by atoms with Crippen LogP contribution in [-0.4, -0.2) is 27.1 Å². The molecular weight excluding hydrogens is 272 g/mol. The lowest BCUT2D eigenvalue weighted by Gasteiger charge is -2.15. The lowest BCUT2D eigenvalue weighted by molar-refractivity contribution is 0.335. The van der Waals surface area contributed by atoms with E-state index >= 15 is 0 Å². The number of hydrogen-bond donors (Lipinski definition) is 1. The SMILES string of the molecule is CCOc1ccccc1C(N)CSc1nnc(C)n1C. The molecule has 2 rings (SSSR count). The van der Waals surface area contributed by atoms with E-state index in [1.54, 1.807) is 11.8 Å². The van der Waals surface area contributed by atoms with Crippen molar-refractivity contribution in [3.05, 3.63) is 35.7 Å². The summed E-state index contributed by atoms with van der Waals surface area (Å²) in [5, 5.41) is 9.05. The number of nitrogens with two attached hydrogens (primary N) is 1. The summed E-state index contributed by atoms with van der Waals surface area (Å²) in [4.78, 5) is 0. The van der Waals surface area contributed by atoms with E-state index in [0.717, 1.165) is 28.0 Å². The zero-order valence-electron chi connectivity index (χ0n) is 12.0. The predicted octanol–water partition coefficient (Wildman–Crippen LogP) is 2.31. The highest BCUT2D eigenvalue weighted by Gasteiger charge is 2.14. The Morgan fingerprint density at radius 3 is 2.75 bits per heavy atom. The highest BCUT2D eigenvalue weighted by atomic mass is 32.2. The van der Waals surface area contributed by atoms with Gasteiger partial charge in [0.05, 0.1) is 6.61 Å². The second kappa shape index (κ2) is 6.76. The molecule has 6 heteroatoms. The summed E-state index contributed by atoms with van der Waals surface area (Å²) in [6.07, 6.45) is 0. The number of nitrogens with zero attached hydrogens (tertiary/aromatic N) is 3. The van der Waals surface area contributed by atoms with Gasteiger partial charge in [0.15, 0.2) is 5.16 Å². The highest BCUT2D eigenvalue weighted by Crippen LogP contribution is 2.28. The van der Waals surface area contributed by atoms with Crippen molar-refractivity contribution in [2.45, 2.75) is 25.0 Å². The van der Waals surface area contributed by atoms with Crippen LogP contribution in [0.5, 0.6) is 5.75 Å². The summed E-state index contributed by atoms with van der Waals surface area (Å²) in [6.45, 7) is 4.54. The zero-order valence-corrected chi connectivity index (χ0v) is 12.9. The standard InChI is InChI=1S/C14H20N4OS/c1-4-19-13-8-6-5-7-11(13)12(15)9-20-14-17-16-10(2)18(14)3/h5-8,12H,4,9,15H2,1-3H3. The maximum atomic E-state index is 6.27. The smallest absolute Gasteiger partial charge is 0.191 e. The molecule has 0 bridgehead atoms. The first-order valence-electron chi connectivity index (χ1n) is 6.59. The summed E-state index contributed by atoms with van der Waals surface area (Å²) in [5.74, 6) is 2.49. The molecule has 1 heterocycles. The Balaban J connectivity index is 2.05. The number of rotatable bonds is 6. The van der Waals surface area contributed by atoms with Crippen molar-refractivity contribution in [1.29, 1.82) is 0 Å². The van der Waals surface area contributed by atoms with Gasteiger partial charge in [0.2, 0.25) is 0 Å². The van der Waals surface area contributed by atoms with Gasteiger partial charge in [-0.15, -0.1) is 10.2 Å². The van der Waals surface area contributed by atoms with Gasteiger partial charge in [-0.1, -0.05) is 30.0 Å². The number of ether oxygens (including phenoxy) is 1. The quantitative estimate of drug-likeness (QED) is 0.828. The maximum Gasteiger partial charge on any atom is 0.191 e. The molecule has 0 aliphatic rings. The first-order chi connectivity index (χ1) is 9.63. The van der Waals surface area contributed by atoms with E-state index in [2.05, 4.69) is 10.2 Å². The fraction of sp³-hybridized carbons (Fsp3) is 0.429. The van der Waals surface area contributed by atoms with Crippen molar-refractivity contribution in [2.24, 2.45) is 12.8 Å². The van der Waals surface area contributed by atoms with Gasteiger partial charge in [-0.05, 0) is 19.9 Å². The van der Waals surface area contributed by atoms with E-state index in [0.29, 0.717) is 6.61 Å². The van der Waals surface area contributed by atoms with E-state index < -0.39 is 0 Å². The van der Waals surface area contributed by atoms with Crippen LogP contribution in [0.1, 0.15) is 24.4 Å². The van der Waals surface area contributed by atoms with Gasteiger partial charge in [-0.25, -0.2) is 0 Å². The summed E-state index contributed by atoms with van der Waals surface area (Å²) >= 11 is 1.61. The number of thioether (sulfide) groups is 1. The van der Waals surface area contributed by atoms with Crippen molar-refractivity contribution in [3.63, 3.8) is 0 Å². The van der Waals surface area contributed by atoms with Crippen molar-refractivity contribution in [3.8, 4) is 5.75 Å². The molecule has 1 aromatic heterocycles. The van der Waals surface area contributed by atoms with Gasteiger partial charge < -0.3 is 15.0 Å². The topological polar surface area (TPSA) is 66.0 Å². The normalized spacial score (nSPS) is 12.4. The average Bonchev–Trinajstić information content (AvgIpc) is 2.77. The molecule has 5 nitrogen and oxygen atoms in total. The molecule has 0 amide bonds. The van der Waals surface area contributed by atoms with Gasteiger partial charge in [-0.2, -0.15) is 0 Å². The zero-order chi connectivity index (χ0) is 14.5. The minimum absolute atomic E-state index is 0.0974. The fourth-order valence-electron chi connectivity index (χ4n) is 1.84. The molecule has 0 aliphatic carbocycles. The maximum absolute atomic E-state index is 6.27. The van der Waals surface area contributed by atoms with Crippen LogP contribution in [0, 0.1) is 6.92 Å². The monoisotopic (exact) mass is 292 g/mol. The Hall–Kier alpha value is -1.53. The Morgan fingerprint density at radius 1 is 1.35 bits per heavy atom. The summed E-state index contributed by atoms with van der Waals surface area (Å²) in [5.41, 5.74) is 7.30. The third-order valence-electron chi connectivity index (χ3n) is 3.06. The molecular formula is C14H20N4OS. The van der Waals surface area contributed by atoms with E-state index in [1.807, 2.05) is 49.7 Å². The number of benzene rings is 1. The summed E-state index contributed by atoms with van der Waals surface area (Å²) in [6, 6.07) is 7.81. The third kappa shape index (κ3) is 3.32. The molecule has 2 N–H and O–H groups in total. The van der Waals surface area contributed by atoms with Gasteiger partial charge in [0, 0.05) is 24.4 Å². The largest absolute Gasteiger partial charge is 0.494 e. The minimum Gasteiger partial charge on any atom is -0.494 e. The second-order valence-electron chi connectivity index (χ2n) is 4.48. The molecule has 1 atom stereocenters. The molecule has 1 unspecified atom stereocenters. The van der Waals surface area contributed by atoms with Crippen molar-refractivity contribution >= 4 is 11.8 Å². The molecule has 0 saturated carbocycles. The molecule has 0 radical (unpaired) electrons. The lowest BCUT2D eigenvalue weighted by atomic mass is 10.1. The number of aromatic nitrogens is 3. The predicted molar refractivity (Wildman–Crippen MR) is 81.0 cm³/mol. The van der Waals surface area contributed by atoms with Crippen LogP contribution in [-0.2, 0) is 7.05 Å². The molecule has 0 aliphatic heterocycles. The highest BCUT2D eigenvalue weighted by molar-refractivity contribution is 7.99. The van der Waals surface area contributed by atoms with Crippen molar-refractivity contribution in [2.75, 3.05) is 12.4 Å². The van der Waals surface area contributed by atoms with Gasteiger partial charge in [-0.3, -0.25) is 0 Å². The van der Waals surface area contributed by atoms with E-state index in [9.17, 15) is 0 Å². The first kappa shape index (κ1) is 14.9. The van der Waals surface area contributed by atoms with Crippen molar-refractivity contribution < 1.29 is 4.74 Å². The lowest BCUT2D eigenvalue weighted by Crippen LogP contribution is -2.15. The van der Waals surface area contributed by atoms with Gasteiger partial charge in [0.1, 0.15) is 11.6 Å². The summed E-state index contributed by atoms with van der Waals surface area (Å²) < 4.78 is 7.58. The Labute approximate surface area is 123 Å². The van der Waals surface area contributed by atoms with Gasteiger partial charge >= 0.3 is 0 Å². The van der Waals surface area contributed by atoms with Crippen LogP contribution in [0.15, 0.2) is 29.4 Å². The summed E-state index contributed by atoms with van der Waals surface area (Å²) in [7, 11) is 1.96. The average molecular weight is 292 g/mol. The fourth-order valence-corrected chi connectivity index (χ4v) is 2.77. The van der Waals surface area contributed by atoms with Crippen LogP contribution in [0.2, 0.25) is 0 Å². The molecule has 0 fully saturated rings. The molecule has 0 spiro atoms. The van der Waals surface area contributed by atoms with Crippen LogP contribution in [0.4, 0.5) is 0 Å². The van der Waals surface area contributed by atoms with Gasteiger partial charge in [0.25, 0.3) is 0 Å². The Kier molecular flexibility index (Phi) is 5.03. The molecule has 0 saturated heterocycles. The van der Waals surface area contributed by atoms with E-state index in [-0.39, 0.29) is 6.04 Å². The van der Waals surface area contributed by atoms with Crippen LogP contribution in [0.25, 0.3) is 0 Å². The van der Waals surface area contributed by atoms with Crippen molar-refractivity contribution in [1.82, 2.24) is 14.8 Å². The Morgan fingerprint density at radius 2 is 2.10 bits per heavy atom. The minimum atomic E-state index is -0.0974.